The molecule has 1 aromatic rings. The lowest BCUT2D eigenvalue weighted by Gasteiger charge is -2.15. The van der Waals surface area contributed by atoms with Gasteiger partial charge in [-0.2, -0.15) is 13.2 Å². The highest BCUT2D eigenvalue weighted by atomic mass is 19.4. The van der Waals surface area contributed by atoms with Crippen molar-refractivity contribution >= 4 is 6.21 Å². The van der Waals surface area contributed by atoms with Crippen LogP contribution in [0.4, 0.5) is 13.2 Å². The Hall–Kier alpha value is -2.04. The SMILES string of the molecule is CC(C)/C=C/C(=C\C=N)C(C)COc1ccc(C(F)(F)F)cc1. The van der Waals surface area contributed by atoms with Gasteiger partial charge in [-0.15, -0.1) is 0 Å². The van der Waals surface area contributed by atoms with Crippen molar-refractivity contribution < 1.29 is 17.9 Å². The van der Waals surface area contributed by atoms with Crippen molar-refractivity contribution in [2.45, 2.75) is 26.9 Å². The van der Waals surface area contributed by atoms with Gasteiger partial charge < -0.3 is 10.1 Å². The second-order valence-electron chi connectivity index (χ2n) is 5.67. The summed E-state index contributed by atoms with van der Waals surface area (Å²) in [7, 11) is 0. The molecule has 0 radical (unpaired) electrons. The lowest BCUT2D eigenvalue weighted by Crippen LogP contribution is -2.11. The maximum absolute atomic E-state index is 12.5. The molecule has 2 nitrogen and oxygen atoms in total. The minimum absolute atomic E-state index is 0.0221. The number of benzene rings is 1. The smallest absolute Gasteiger partial charge is 0.416 e. The van der Waals surface area contributed by atoms with Gasteiger partial charge in [0, 0.05) is 12.1 Å². The monoisotopic (exact) mass is 325 g/mol. The third-order valence-electron chi connectivity index (χ3n) is 3.20. The van der Waals surface area contributed by atoms with Crippen LogP contribution in [-0.4, -0.2) is 12.8 Å². The van der Waals surface area contributed by atoms with Crippen LogP contribution in [0.15, 0.2) is 48.1 Å². The van der Waals surface area contributed by atoms with Crippen molar-refractivity contribution in [2.24, 2.45) is 11.8 Å². The zero-order valence-electron chi connectivity index (χ0n) is 13.5. The zero-order valence-corrected chi connectivity index (χ0v) is 13.5. The van der Waals surface area contributed by atoms with E-state index < -0.39 is 11.7 Å². The van der Waals surface area contributed by atoms with Crippen molar-refractivity contribution in [2.75, 3.05) is 6.61 Å². The topological polar surface area (TPSA) is 33.1 Å². The first-order valence-electron chi connectivity index (χ1n) is 7.43. The van der Waals surface area contributed by atoms with Crippen molar-refractivity contribution in [1.29, 1.82) is 5.41 Å². The first kappa shape index (κ1) is 19.0. The first-order valence-corrected chi connectivity index (χ1v) is 7.43. The Morgan fingerprint density at radius 3 is 2.26 bits per heavy atom. The Labute approximate surface area is 135 Å². The molecule has 0 amide bonds. The van der Waals surface area contributed by atoms with Crippen LogP contribution in [0.25, 0.3) is 0 Å². The van der Waals surface area contributed by atoms with Crippen molar-refractivity contribution in [3.8, 4) is 5.75 Å². The molecule has 0 bridgehead atoms. The molecule has 0 aliphatic rings. The fraction of sp³-hybridized carbons (Fsp3) is 0.389. The molecule has 1 aromatic carbocycles. The second-order valence-corrected chi connectivity index (χ2v) is 5.67. The summed E-state index contributed by atoms with van der Waals surface area (Å²) in [6, 6.07) is 4.65. The average Bonchev–Trinajstić information content (AvgIpc) is 2.48. The summed E-state index contributed by atoms with van der Waals surface area (Å²) in [5, 5.41) is 7.21. The van der Waals surface area contributed by atoms with E-state index in [1.807, 2.05) is 19.1 Å². The average molecular weight is 325 g/mol. The third kappa shape index (κ3) is 6.72. The van der Waals surface area contributed by atoms with E-state index >= 15 is 0 Å². The number of allylic oxidation sites excluding steroid dienone is 3. The molecular weight excluding hydrogens is 303 g/mol. The normalized spacial score (nSPS) is 14.3. The van der Waals surface area contributed by atoms with Crippen molar-refractivity contribution in [3.63, 3.8) is 0 Å². The minimum Gasteiger partial charge on any atom is -0.493 e. The Morgan fingerprint density at radius 1 is 1.17 bits per heavy atom. The lowest BCUT2D eigenvalue weighted by atomic mass is 10.00. The highest BCUT2D eigenvalue weighted by Crippen LogP contribution is 2.30. The van der Waals surface area contributed by atoms with Crippen molar-refractivity contribution in [1.82, 2.24) is 0 Å². The molecule has 5 heteroatoms. The highest BCUT2D eigenvalue weighted by Gasteiger charge is 2.30. The Morgan fingerprint density at radius 2 is 1.78 bits per heavy atom. The van der Waals surface area contributed by atoms with E-state index in [-0.39, 0.29) is 5.92 Å². The largest absolute Gasteiger partial charge is 0.493 e. The number of hydrogen-bond acceptors (Lipinski definition) is 2. The number of halogens is 3. The summed E-state index contributed by atoms with van der Waals surface area (Å²) in [6.07, 6.45) is 2.56. The Balaban J connectivity index is 2.68. The quantitative estimate of drug-likeness (QED) is 0.520. The van der Waals surface area contributed by atoms with E-state index in [1.165, 1.54) is 18.3 Å². The van der Waals surface area contributed by atoms with Gasteiger partial charge in [-0.3, -0.25) is 0 Å². The molecule has 0 spiro atoms. The van der Waals surface area contributed by atoms with E-state index in [9.17, 15) is 13.2 Å². The molecule has 0 aromatic heterocycles. The summed E-state index contributed by atoms with van der Waals surface area (Å²) in [5.74, 6) is 0.813. The summed E-state index contributed by atoms with van der Waals surface area (Å²) in [5.41, 5.74) is 0.253. The van der Waals surface area contributed by atoms with Gasteiger partial charge in [0.2, 0.25) is 0 Å². The molecule has 1 rings (SSSR count). The maximum atomic E-state index is 12.5. The fourth-order valence-corrected chi connectivity index (χ4v) is 1.84. The van der Waals surface area contributed by atoms with Crippen molar-refractivity contribution in [3.05, 3.63) is 53.6 Å². The van der Waals surface area contributed by atoms with Crippen LogP contribution in [0.3, 0.4) is 0 Å². The van der Waals surface area contributed by atoms with E-state index in [4.69, 9.17) is 10.1 Å². The van der Waals surface area contributed by atoms with Crippen LogP contribution in [0.1, 0.15) is 26.3 Å². The number of rotatable bonds is 7. The summed E-state index contributed by atoms with van der Waals surface area (Å²) < 4.78 is 43.0. The molecule has 126 valence electrons. The minimum atomic E-state index is -4.34. The second kappa shape index (κ2) is 8.56. The van der Waals surface area contributed by atoms with Crippen LogP contribution in [0.5, 0.6) is 5.75 Å². The van der Waals surface area contributed by atoms with Crippen LogP contribution in [0, 0.1) is 17.2 Å². The molecular formula is C18H22F3NO. The van der Waals surface area contributed by atoms with E-state index in [0.29, 0.717) is 18.3 Å². The number of hydrogen-bond donors (Lipinski definition) is 1. The van der Waals surface area contributed by atoms with E-state index in [2.05, 4.69) is 13.8 Å². The number of nitrogens with one attached hydrogen (secondary N) is 1. The molecule has 0 aliphatic heterocycles. The van der Waals surface area contributed by atoms with Gasteiger partial charge in [0.25, 0.3) is 0 Å². The van der Waals surface area contributed by atoms with E-state index in [0.717, 1.165) is 17.7 Å². The van der Waals surface area contributed by atoms with Crippen LogP contribution >= 0.6 is 0 Å². The van der Waals surface area contributed by atoms with Gasteiger partial charge in [0.1, 0.15) is 5.75 Å². The summed E-state index contributed by atoms with van der Waals surface area (Å²) in [4.78, 5) is 0. The predicted molar refractivity (Wildman–Crippen MR) is 86.9 cm³/mol. The molecule has 1 N–H and O–H groups in total. The van der Waals surface area contributed by atoms with Gasteiger partial charge >= 0.3 is 6.18 Å². The standard InChI is InChI=1S/C18H22F3NO/c1-13(2)4-5-15(10-11-22)14(3)12-23-17-8-6-16(7-9-17)18(19,20)21/h4-11,13-14,22H,12H2,1-3H3/b5-4+,15-10+,22-11?. The van der Waals surface area contributed by atoms with Gasteiger partial charge in [-0.05, 0) is 41.8 Å². The number of alkyl halides is 3. The molecule has 0 saturated carbocycles. The first-order chi connectivity index (χ1) is 10.7. The summed E-state index contributed by atoms with van der Waals surface area (Å²) in [6.45, 7) is 6.39. The highest BCUT2D eigenvalue weighted by molar-refractivity contribution is 5.70. The van der Waals surface area contributed by atoms with Crippen LogP contribution in [-0.2, 0) is 6.18 Å². The Kier molecular flexibility index (Phi) is 7.07. The summed E-state index contributed by atoms with van der Waals surface area (Å²) >= 11 is 0. The van der Waals surface area contributed by atoms with Gasteiger partial charge in [-0.25, -0.2) is 0 Å². The van der Waals surface area contributed by atoms with Gasteiger partial charge in [0.15, 0.2) is 0 Å². The molecule has 0 aliphatic carbocycles. The van der Waals surface area contributed by atoms with Gasteiger partial charge in [-0.1, -0.05) is 32.9 Å². The number of ether oxygens (including phenoxy) is 1. The zero-order chi connectivity index (χ0) is 17.5. The third-order valence-corrected chi connectivity index (χ3v) is 3.20. The van der Waals surface area contributed by atoms with E-state index in [1.54, 1.807) is 6.08 Å². The molecule has 1 unspecified atom stereocenters. The molecule has 0 saturated heterocycles. The fourth-order valence-electron chi connectivity index (χ4n) is 1.84. The predicted octanol–water partition coefficient (Wildman–Crippen LogP) is 5.51. The molecule has 0 fully saturated rings. The Bertz CT molecular complexity index is 557. The molecule has 1 atom stereocenters. The van der Waals surface area contributed by atoms with Crippen LogP contribution < -0.4 is 4.74 Å². The maximum Gasteiger partial charge on any atom is 0.416 e. The van der Waals surface area contributed by atoms with Crippen LogP contribution in [0.2, 0.25) is 0 Å². The molecule has 23 heavy (non-hydrogen) atoms. The molecule has 0 heterocycles. The van der Waals surface area contributed by atoms with Gasteiger partial charge in [0.05, 0.1) is 12.2 Å². The lowest BCUT2D eigenvalue weighted by molar-refractivity contribution is -0.137.